The fraction of sp³-hybridized carbons (Fsp3) is 0.333. The van der Waals surface area contributed by atoms with Crippen LogP contribution in [0.4, 0.5) is 0 Å². The molecular formula is C12H15N. The van der Waals surface area contributed by atoms with Gasteiger partial charge in [-0.15, -0.1) is 0 Å². The molecule has 0 unspecified atom stereocenters. The summed E-state index contributed by atoms with van der Waals surface area (Å²) in [6, 6.07) is 10.5. The fourth-order valence-corrected chi connectivity index (χ4v) is 1.65. The van der Waals surface area contributed by atoms with E-state index < -0.39 is 0 Å². The number of nitrogens with one attached hydrogen (secondary N) is 1. The lowest BCUT2D eigenvalue weighted by atomic mass is 10.1. The minimum Gasteiger partial charge on any atom is -0.316 e. The second-order valence-corrected chi connectivity index (χ2v) is 3.52. The van der Waals surface area contributed by atoms with Crippen LogP contribution in [0, 0.1) is 5.92 Å². The van der Waals surface area contributed by atoms with Crippen molar-refractivity contribution < 1.29 is 0 Å². The monoisotopic (exact) mass is 173 g/mol. The second kappa shape index (κ2) is 4.24. The van der Waals surface area contributed by atoms with Crippen LogP contribution in [0.5, 0.6) is 0 Å². The molecule has 1 nitrogen and oxygen atoms in total. The van der Waals surface area contributed by atoms with Crippen molar-refractivity contribution >= 4 is 6.08 Å². The highest BCUT2D eigenvalue weighted by Gasteiger charge is 2.09. The molecule has 1 aromatic rings. The average molecular weight is 173 g/mol. The van der Waals surface area contributed by atoms with Crippen LogP contribution >= 0.6 is 0 Å². The van der Waals surface area contributed by atoms with Gasteiger partial charge in [0.25, 0.3) is 0 Å². The number of rotatable bonds is 2. The Kier molecular flexibility index (Phi) is 2.78. The highest BCUT2D eigenvalue weighted by molar-refractivity contribution is 5.49. The molecule has 0 spiro atoms. The van der Waals surface area contributed by atoms with Gasteiger partial charge in [-0.1, -0.05) is 42.5 Å². The van der Waals surface area contributed by atoms with E-state index in [9.17, 15) is 0 Å². The van der Waals surface area contributed by atoms with Crippen LogP contribution < -0.4 is 5.32 Å². The zero-order chi connectivity index (χ0) is 8.93. The molecule has 1 aliphatic rings. The smallest absolute Gasteiger partial charge is 0.00148 e. The Bertz CT molecular complexity index is 270. The third kappa shape index (κ3) is 2.43. The van der Waals surface area contributed by atoms with Crippen LogP contribution in [0.1, 0.15) is 12.0 Å². The van der Waals surface area contributed by atoms with Crippen LogP contribution in [-0.4, -0.2) is 13.1 Å². The highest BCUT2D eigenvalue weighted by Crippen LogP contribution is 2.11. The predicted octanol–water partition coefficient (Wildman–Crippen LogP) is 2.31. The molecule has 1 atom stereocenters. The summed E-state index contributed by atoms with van der Waals surface area (Å²) in [5.74, 6) is 0.736. The summed E-state index contributed by atoms with van der Waals surface area (Å²) in [6.07, 6.45) is 5.82. The van der Waals surface area contributed by atoms with E-state index >= 15 is 0 Å². The van der Waals surface area contributed by atoms with Crippen molar-refractivity contribution in [3.05, 3.63) is 42.0 Å². The Hall–Kier alpha value is -1.08. The Morgan fingerprint density at radius 3 is 2.77 bits per heavy atom. The first kappa shape index (κ1) is 8.52. The van der Waals surface area contributed by atoms with Crippen molar-refractivity contribution in [1.82, 2.24) is 5.32 Å². The van der Waals surface area contributed by atoms with Gasteiger partial charge in [-0.25, -0.2) is 0 Å². The summed E-state index contributed by atoms with van der Waals surface area (Å²) in [5, 5.41) is 3.36. The third-order valence-corrected chi connectivity index (χ3v) is 2.46. The van der Waals surface area contributed by atoms with Crippen LogP contribution in [-0.2, 0) is 0 Å². The molecule has 1 heterocycles. The standard InChI is InChI=1S/C12H15N/c1-2-4-11(5-3-1)6-7-12-8-9-13-10-12/h1-7,12-13H,8-10H2/b7-6-/t12-/m1/s1. The van der Waals surface area contributed by atoms with Gasteiger partial charge in [0.15, 0.2) is 0 Å². The van der Waals surface area contributed by atoms with Gasteiger partial charge in [-0.2, -0.15) is 0 Å². The maximum atomic E-state index is 3.36. The molecule has 68 valence electrons. The third-order valence-electron chi connectivity index (χ3n) is 2.46. The first-order chi connectivity index (χ1) is 6.45. The molecule has 2 rings (SSSR count). The summed E-state index contributed by atoms with van der Waals surface area (Å²) in [7, 11) is 0. The van der Waals surface area contributed by atoms with Crippen LogP contribution in [0.15, 0.2) is 36.4 Å². The molecular weight excluding hydrogens is 158 g/mol. The lowest BCUT2D eigenvalue weighted by molar-refractivity contribution is 0.731. The largest absolute Gasteiger partial charge is 0.316 e. The molecule has 0 saturated carbocycles. The van der Waals surface area contributed by atoms with Crippen molar-refractivity contribution in [3.8, 4) is 0 Å². The molecule has 0 aliphatic carbocycles. The zero-order valence-electron chi connectivity index (χ0n) is 7.74. The van der Waals surface area contributed by atoms with Gasteiger partial charge in [0, 0.05) is 6.54 Å². The number of benzene rings is 1. The fourth-order valence-electron chi connectivity index (χ4n) is 1.65. The maximum absolute atomic E-state index is 3.36. The molecule has 1 fully saturated rings. The molecule has 0 aromatic heterocycles. The van der Waals surface area contributed by atoms with Gasteiger partial charge < -0.3 is 5.32 Å². The Labute approximate surface area is 79.5 Å². The van der Waals surface area contributed by atoms with E-state index in [0.29, 0.717) is 0 Å². The van der Waals surface area contributed by atoms with Crippen molar-refractivity contribution in [1.29, 1.82) is 0 Å². The van der Waals surface area contributed by atoms with Crippen molar-refractivity contribution in [3.63, 3.8) is 0 Å². The molecule has 1 saturated heterocycles. The number of hydrogen-bond acceptors (Lipinski definition) is 1. The van der Waals surface area contributed by atoms with Gasteiger partial charge in [0.05, 0.1) is 0 Å². The van der Waals surface area contributed by atoms with E-state index in [0.717, 1.165) is 12.5 Å². The Morgan fingerprint density at radius 2 is 2.08 bits per heavy atom. The SMILES string of the molecule is C(=C/[C@@H]1CCNC1)/c1ccccc1. The zero-order valence-corrected chi connectivity index (χ0v) is 7.74. The second-order valence-electron chi connectivity index (χ2n) is 3.52. The lowest BCUT2D eigenvalue weighted by Crippen LogP contribution is -2.07. The van der Waals surface area contributed by atoms with Gasteiger partial charge in [0.1, 0.15) is 0 Å². The first-order valence-corrected chi connectivity index (χ1v) is 4.89. The molecule has 1 aromatic carbocycles. The van der Waals surface area contributed by atoms with Crippen molar-refractivity contribution in [2.45, 2.75) is 6.42 Å². The average Bonchev–Trinajstić information content (AvgIpc) is 2.69. The van der Waals surface area contributed by atoms with E-state index in [1.54, 1.807) is 0 Å². The van der Waals surface area contributed by atoms with E-state index in [-0.39, 0.29) is 0 Å². The van der Waals surface area contributed by atoms with Crippen molar-refractivity contribution in [2.24, 2.45) is 5.92 Å². The highest BCUT2D eigenvalue weighted by atomic mass is 14.9. The minimum atomic E-state index is 0.736. The summed E-state index contributed by atoms with van der Waals surface area (Å²) in [4.78, 5) is 0. The summed E-state index contributed by atoms with van der Waals surface area (Å²) < 4.78 is 0. The predicted molar refractivity (Wildman–Crippen MR) is 56.5 cm³/mol. The van der Waals surface area contributed by atoms with Crippen LogP contribution in [0.3, 0.4) is 0 Å². The maximum Gasteiger partial charge on any atom is 0.00148 e. The molecule has 0 bridgehead atoms. The quantitative estimate of drug-likeness (QED) is 0.723. The molecule has 1 aliphatic heterocycles. The Balaban J connectivity index is 1.97. The molecule has 1 heteroatoms. The van der Waals surface area contributed by atoms with Gasteiger partial charge >= 0.3 is 0 Å². The van der Waals surface area contributed by atoms with Crippen LogP contribution in [0.25, 0.3) is 6.08 Å². The summed E-state index contributed by atoms with van der Waals surface area (Å²) in [5.41, 5.74) is 1.30. The molecule has 13 heavy (non-hydrogen) atoms. The summed E-state index contributed by atoms with van der Waals surface area (Å²) >= 11 is 0. The van der Waals surface area contributed by atoms with Gasteiger partial charge in [0.2, 0.25) is 0 Å². The van der Waals surface area contributed by atoms with Gasteiger partial charge in [-0.3, -0.25) is 0 Å². The van der Waals surface area contributed by atoms with Crippen LogP contribution in [0.2, 0.25) is 0 Å². The van der Waals surface area contributed by atoms with E-state index in [2.05, 4.69) is 47.8 Å². The molecule has 0 radical (unpaired) electrons. The van der Waals surface area contributed by atoms with E-state index in [4.69, 9.17) is 0 Å². The topological polar surface area (TPSA) is 12.0 Å². The normalized spacial score (nSPS) is 22.6. The number of hydrogen-bond donors (Lipinski definition) is 1. The summed E-state index contributed by atoms with van der Waals surface area (Å²) in [6.45, 7) is 2.31. The molecule has 1 N–H and O–H groups in total. The first-order valence-electron chi connectivity index (χ1n) is 4.89. The molecule has 0 amide bonds. The minimum absolute atomic E-state index is 0.736. The lowest BCUT2D eigenvalue weighted by Gasteiger charge is -1.98. The van der Waals surface area contributed by atoms with E-state index in [1.807, 2.05) is 0 Å². The van der Waals surface area contributed by atoms with E-state index in [1.165, 1.54) is 18.5 Å². The Morgan fingerprint density at radius 1 is 1.23 bits per heavy atom. The van der Waals surface area contributed by atoms with Crippen molar-refractivity contribution in [2.75, 3.05) is 13.1 Å². The van der Waals surface area contributed by atoms with Gasteiger partial charge in [-0.05, 0) is 24.4 Å².